The number of nitrogens with zero attached hydrogens (tertiary/aromatic N) is 2. The first-order valence-electron chi connectivity index (χ1n) is 3.53. The van der Waals surface area contributed by atoms with Crippen molar-refractivity contribution in [3.8, 4) is 0 Å². The van der Waals surface area contributed by atoms with E-state index in [1.165, 1.54) is 4.68 Å². The number of aromatic nitrogens is 2. The lowest BCUT2D eigenvalue weighted by Crippen LogP contribution is -2.48. The molecule has 4 nitrogen and oxygen atoms in total. The maximum absolute atomic E-state index is 11.0. The molecule has 1 heterocycles. The van der Waals surface area contributed by atoms with Gasteiger partial charge in [0.2, 0.25) is 0 Å². The lowest BCUT2D eigenvalue weighted by atomic mass is 10.3. The average Bonchev–Trinajstić information content (AvgIpc) is 2.07. The van der Waals surface area contributed by atoms with E-state index in [4.69, 9.17) is 4.42 Å². The largest absolute Gasteiger partial charge is 0.628 e. The molecule has 12 heavy (non-hydrogen) atoms. The Morgan fingerprint density at radius 1 is 1.42 bits per heavy atom. The van der Waals surface area contributed by atoms with E-state index in [1.54, 1.807) is 25.2 Å². The number of fused-ring (bicyclic) bond motifs is 1. The second kappa shape index (κ2) is 2.41. The Kier molecular flexibility index (Phi) is 1.40. The van der Waals surface area contributed by atoms with Crippen molar-refractivity contribution in [3.63, 3.8) is 0 Å². The topological polar surface area (TPSA) is 47.0 Å². The third-order valence-electron chi connectivity index (χ3n) is 1.58. The molecule has 0 saturated carbocycles. The van der Waals surface area contributed by atoms with Crippen molar-refractivity contribution in [1.82, 2.24) is 5.10 Å². The molecule has 0 spiro atoms. The minimum atomic E-state index is -0.450. The Labute approximate surface area is 68.1 Å². The lowest BCUT2D eigenvalue weighted by Gasteiger charge is -1.88. The first-order valence-corrected chi connectivity index (χ1v) is 3.53. The molecular weight excluding hydrogens is 156 g/mol. The van der Waals surface area contributed by atoms with Crippen molar-refractivity contribution < 1.29 is 9.10 Å². The molecule has 0 aliphatic rings. The molecule has 60 valence electrons. The smallest absolute Gasteiger partial charge is 0.368 e. The summed E-state index contributed by atoms with van der Waals surface area (Å²) in [6, 6.07) is 7.14. The summed E-state index contributed by atoms with van der Waals surface area (Å²) in [5, 5.41) is 3.99. The Balaban J connectivity index is 2.93. The maximum Gasteiger partial charge on any atom is 0.628 e. The van der Waals surface area contributed by atoms with Gasteiger partial charge >= 0.3 is 5.76 Å². The number of hydrogen-bond donors (Lipinski definition) is 0. The molecule has 0 saturated heterocycles. The maximum atomic E-state index is 11.0. The molecule has 2 rings (SSSR count). The molecular formula is C8H7N2O2+. The summed E-state index contributed by atoms with van der Waals surface area (Å²) in [7, 11) is 1.55. The van der Waals surface area contributed by atoms with Crippen LogP contribution in [-0.4, -0.2) is 5.10 Å². The van der Waals surface area contributed by atoms with Gasteiger partial charge < -0.3 is 4.42 Å². The van der Waals surface area contributed by atoms with Crippen LogP contribution in [0.5, 0.6) is 0 Å². The first-order chi connectivity index (χ1) is 5.77. The summed E-state index contributed by atoms with van der Waals surface area (Å²) < 4.78 is 6.11. The first kappa shape index (κ1) is 6.97. The van der Waals surface area contributed by atoms with Crippen molar-refractivity contribution in [2.45, 2.75) is 0 Å². The van der Waals surface area contributed by atoms with Gasteiger partial charge in [0.1, 0.15) is 0 Å². The number of aryl methyl sites for hydroxylation is 1. The third kappa shape index (κ3) is 0.972. The molecule has 0 unspecified atom stereocenters. The van der Waals surface area contributed by atoms with Gasteiger partial charge in [-0.25, -0.2) is 0 Å². The fourth-order valence-electron chi connectivity index (χ4n) is 0.989. The van der Waals surface area contributed by atoms with Gasteiger partial charge in [-0.3, -0.25) is 0 Å². The zero-order valence-electron chi connectivity index (χ0n) is 6.52. The monoisotopic (exact) mass is 163 g/mol. The Hall–Kier alpha value is -1.71. The van der Waals surface area contributed by atoms with Gasteiger partial charge in [-0.05, 0) is 16.8 Å². The zero-order valence-corrected chi connectivity index (χ0v) is 6.52. The Bertz CT molecular complexity index is 476. The van der Waals surface area contributed by atoms with E-state index in [0.717, 1.165) is 0 Å². The normalized spacial score (nSPS) is 10.4. The predicted molar refractivity (Wildman–Crippen MR) is 41.5 cm³/mol. The van der Waals surface area contributed by atoms with Crippen LogP contribution in [0.3, 0.4) is 0 Å². The molecule has 0 bridgehead atoms. The number of para-hydroxylation sites is 1. The number of benzene rings is 1. The van der Waals surface area contributed by atoms with Gasteiger partial charge in [-0.15, -0.1) is 0 Å². The van der Waals surface area contributed by atoms with Crippen LogP contribution in [0.1, 0.15) is 0 Å². The van der Waals surface area contributed by atoms with Crippen LogP contribution in [0.2, 0.25) is 0 Å². The van der Waals surface area contributed by atoms with Crippen LogP contribution < -0.4 is 10.4 Å². The zero-order chi connectivity index (χ0) is 8.55. The quantitative estimate of drug-likeness (QED) is 0.514. The van der Waals surface area contributed by atoms with Gasteiger partial charge in [-0.2, -0.15) is 4.79 Å². The Morgan fingerprint density at radius 2 is 2.17 bits per heavy atom. The molecule has 0 fully saturated rings. The van der Waals surface area contributed by atoms with Crippen molar-refractivity contribution in [3.05, 3.63) is 34.8 Å². The summed E-state index contributed by atoms with van der Waals surface area (Å²) in [6.07, 6.45) is 0. The molecule has 0 radical (unpaired) electrons. The van der Waals surface area contributed by atoms with E-state index in [2.05, 4.69) is 5.10 Å². The predicted octanol–water partition coefficient (Wildman–Crippen LogP) is 0.0125. The second-order valence-corrected chi connectivity index (χ2v) is 2.46. The van der Waals surface area contributed by atoms with Gasteiger partial charge in [-0.1, -0.05) is 12.1 Å². The highest BCUT2D eigenvalue weighted by atomic mass is 16.4. The van der Waals surface area contributed by atoms with E-state index >= 15 is 0 Å². The van der Waals surface area contributed by atoms with Crippen LogP contribution in [-0.2, 0) is 7.05 Å². The van der Waals surface area contributed by atoms with Gasteiger partial charge in [0.15, 0.2) is 18.1 Å². The van der Waals surface area contributed by atoms with Crippen LogP contribution in [0.15, 0.2) is 33.5 Å². The molecule has 0 N–H and O–H groups in total. The third-order valence-corrected chi connectivity index (χ3v) is 1.58. The summed E-state index contributed by atoms with van der Waals surface area (Å²) >= 11 is 0. The van der Waals surface area contributed by atoms with E-state index in [-0.39, 0.29) is 0 Å². The van der Waals surface area contributed by atoms with Crippen molar-refractivity contribution >= 4 is 11.1 Å². The van der Waals surface area contributed by atoms with Crippen LogP contribution in [0.4, 0.5) is 0 Å². The molecule has 0 aliphatic carbocycles. The highest BCUT2D eigenvalue weighted by molar-refractivity contribution is 5.69. The van der Waals surface area contributed by atoms with Crippen molar-refractivity contribution in [2.24, 2.45) is 7.05 Å². The second-order valence-electron chi connectivity index (χ2n) is 2.46. The SMILES string of the molecule is C[n+]1nc2ccccc2oc1=O. The molecule has 4 heteroatoms. The summed E-state index contributed by atoms with van der Waals surface area (Å²) in [5.74, 6) is -0.450. The molecule has 2 aromatic rings. The van der Waals surface area contributed by atoms with Crippen LogP contribution in [0, 0.1) is 0 Å². The lowest BCUT2D eigenvalue weighted by molar-refractivity contribution is -0.752. The molecule has 0 atom stereocenters. The van der Waals surface area contributed by atoms with E-state index < -0.39 is 5.76 Å². The summed E-state index contributed by atoms with van der Waals surface area (Å²) in [4.78, 5) is 11.0. The fraction of sp³-hybridized carbons (Fsp3) is 0.125. The van der Waals surface area contributed by atoms with E-state index in [9.17, 15) is 4.79 Å². The molecule has 0 amide bonds. The highest BCUT2D eigenvalue weighted by Gasteiger charge is 2.07. The fourth-order valence-corrected chi connectivity index (χ4v) is 0.989. The highest BCUT2D eigenvalue weighted by Crippen LogP contribution is 2.04. The van der Waals surface area contributed by atoms with Gasteiger partial charge in [0.25, 0.3) is 0 Å². The van der Waals surface area contributed by atoms with Crippen LogP contribution in [0.25, 0.3) is 11.1 Å². The number of rotatable bonds is 0. The van der Waals surface area contributed by atoms with E-state index in [1.807, 2.05) is 6.07 Å². The summed E-state index contributed by atoms with van der Waals surface area (Å²) in [5.41, 5.74) is 1.19. The number of hydrogen-bond acceptors (Lipinski definition) is 3. The average molecular weight is 163 g/mol. The molecule has 1 aromatic carbocycles. The van der Waals surface area contributed by atoms with Crippen molar-refractivity contribution in [2.75, 3.05) is 0 Å². The Morgan fingerprint density at radius 3 is 3.00 bits per heavy atom. The van der Waals surface area contributed by atoms with Crippen LogP contribution >= 0.6 is 0 Å². The minimum Gasteiger partial charge on any atom is -0.368 e. The summed E-state index contributed by atoms with van der Waals surface area (Å²) in [6.45, 7) is 0. The van der Waals surface area contributed by atoms with Crippen molar-refractivity contribution in [1.29, 1.82) is 0 Å². The minimum absolute atomic E-state index is 0.450. The van der Waals surface area contributed by atoms with Gasteiger partial charge in [0, 0.05) is 5.10 Å². The van der Waals surface area contributed by atoms with Gasteiger partial charge in [0.05, 0.1) is 0 Å². The molecule has 1 aromatic heterocycles. The molecule has 0 aliphatic heterocycles. The van der Waals surface area contributed by atoms with E-state index in [0.29, 0.717) is 11.1 Å². The standard InChI is InChI=1S/C8H7N2O2/c1-10-8(11)12-7-5-3-2-4-6(7)9-10/h2-5H,1H3/q+1.